The molecule has 1 atom stereocenters. The molecule has 7 nitrogen and oxygen atoms in total. The number of benzene rings is 1. The molecule has 0 bridgehead atoms. The predicted molar refractivity (Wildman–Crippen MR) is 67.8 cm³/mol. The summed E-state index contributed by atoms with van der Waals surface area (Å²) in [4.78, 5) is 9.85. The van der Waals surface area contributed by atoms with E-state index in [1.807, 2.05) is 6.07 Å². The summed E-state index contributed by atoms with van der Waals surface area (Å²) < 4.78 is 26.3. The molecule has 0 amide bonds. The molecule has 0 spiro atoms. The molecule has 0 saturated heterocycles. The molecule has 0 aromatic heterocycles. The number of nitriles is 1. The fraction of sp³-hybridized carbons (Fsp3) is 0.364. The fourth-order valence-corrected chi connectivity index (χ4v) is 2.74. The van der Waals surface area contributed by atoms with Crippen molar-refractivity contribution in [3.05, 3.63) is 33.9 Å². The van der Waals surface area contributed by atoms with Crippen molar-refractivity contribution >= 4 is 15.7 Å². The first-order chi connectivity index (χ1) is 8.77. The summed E-state index contributed by atoms with van der Waals surface area (Å²) in [5.74, 6) is -0.478. The van der Waals surface area contributed by atoms with Crippen LogP contribution >= 0.6 is 0 Å². The highest BCUT2D eigenvalue weighted by atomic mass is 32.2. The summed E-state index contributed by atoms with van der Waals surface area (Å²) in [5, 5.41) is 19.3. The van der Waals surface area contributed by atoms with Gasteiger partial charge in [-0.1, -0.05) is 6.07 Å². The van der Waals surface area contributed by atoms with E-state index in [0.717, 1.165) is 6.07 Å². The Morgan fingerprint density at radius 1 is 1.53 bits per heavy atom. The van der Waals surface area contributed by atoms with Crippen LogP contribution in [0.5, 0.6) is 0 Å². The molecule has 0 aliphatic heterocycles. The fourth-order valence-electron chi connectivity index (χ4n) is 1.35. The molecule has 1 rings (SSSR count). The Labute approximate surface area is 111 Å². The van der Waals surface area contributed by atoms with E-state index >= 15 is 0 Å². The van der Waals surface area contributed by atoms with Gasteiger partial charge in [0.25, 0.3) is 5.69 Å². The summed E-state index contributed by atoms with van der Waals surface area (Å²) in [6.07, 6.45) is 0. The van der Waals surface area contributed by atoms with E-state index in [1.54, 1.807) is 13.8 Å². The molecule has 102 valence electrons. The first-order valence-corrected chi connectivity index (χ1v) is 6.90. The lowest BCUT2D eigenvalue weighted by molar-refractivity contribution is -0.385. The Kier molecular flexibility index (Phi) is 4.58. The zero-order valence-corrected chi connectivity index (χ0v) is 11.3. The minimum Gasteiger partial charge on any atom is -0.258 e. The molecule has 0 saturated carbocycles. The van der Waals surface area contributed by atoms with Crippen molar-refractivity contribution in [2.24, 2.45) is 5.92 Å². The average molecular weight is 283 g/mol. The molecule has 19 heavy (non-hydrogen) atoms. The van der Waals surface area contributed by atoms with Gasteiger partial charge in [-0.05, 0) is 19.4 Å². The third kappa shape index (κ3) is 3.74. The van der Waals surface area contributed by atoms with Gasteiger partial charge >= 0.3 is 0 Å². The number of nitrogens with one attached hydrogen (secondary N) is 1. The molecule has 1 aromatic carbocycles. The number of nitrogens with zero attached hydrogens (tertiary/aromatic N) is 2. The van der Waals surface area contributed by atoms with E-state index in [2.05, 4.69) is 4.72 Å². The summed E-state index contributed by atoms with van der Waals surface area (Å²) in [5.41, 5.74) is 0.113. The summed E-state index contributed by atoms with van der Waals surface area (Å²) in [7, 11) is -3.86. The van der Waals surface area contributed by atoms with Crippen molar-refractivity contribution in [1.82, 2.24) is 4.72 Å². The Hall–Kier alpha value is -1.98. The van der Waals surface area contributed by atoms with E-state index in [1.165, 1.54) is 12.1 Å². The third-order valence-corrected chi connectivity index (χ3v) is 4.04. The number of nitro groups is 1. The van der Waals surface area contributed by atoms with E-state index in [-0.39, 0.29) is 17.1 Å². The number of non-ortho nitro benzene ring substituents is 1. The molecular formula is C11H13N3O4S. The summed E-state index contributed by atoms with van der Waals surface area (Å²) in [6.45, 7) is 3.08. The Morgan fingerprint density at radius 3 is 2.68 bits per heavy atom. The minimum absolute atomic E-state index is 0.0407. The second kappa shape index (κ2) is 5.77. The highest BCUT2D eigenvalue weighted by molar-refractivity contribution is 7.89. The Balaban J connectivity index is 3.11. The van der Waals surface area contributed by atoms with Gasteiger partial charge in [-0.25, -0.2) is 13.1 Å². The lowest BCUT2D eigenvalue weighted by atomic mass is 10.2. The monoisotopic (exact) mass is 283 g/mol. The highest BCUT2D eigenvalue weighted by Gasteiger charge is 2.20. The van der Waals surface area contributed by atoms with Crippen LogP contribution in [0.2, 0.25) is 0 Å². The standard InChI is InChI=1S/C11H13N3O4S/c1-8(6-12)7-13-19(17,18)11-5-10(14(15)16)4-3-9(11)2/h3-5,8,13H,7H2,1-2H3. The quantitative estimate of drug-likeness (QED) is 0.647. The molecule has 1 N–H and O–H groups in total. The van der Waals surface area contributed by atoms with Gasteiger partial charge < -0.3 is 0 Å². The lowest BCUT2D eigenvalue weighted by Gasteiger charge is -2.09. The molecule has 0 fully saturated rings. The molecule has 0 radical (unpaired) electrons. The highest BCUT2D eigenvalue weighted by Crippen LogP contribution is 2.21. The third-order valence-electron chi connectivity index (χ3n) is 2.47. The van der Waals surface area contributed by atoms with E-state index in [9.17, 15) is 18.5 Å². The molecule has 1 aromatic rings. The summed E-state index contributed by atoms with van der Waals surface area (Å²) >= 11 is 0. The van der Waals surface area contributed by atoms with Gasteiger partial charge in [0.2, 0.25) is 10.0 Å². The van der Waals surface area contributed by atoms with Crippen molar-refractivity contribution in [2.75, 3.05) is 6.54 Å². The number of rotatable bonds is 5. The van der Waals surface area contributed by atoms with Crippen LogP contribution in [0.15, 0.2) is 23.1 Å². The second-order valence-corrected chi connectivity index (χ2v) is 5.82. The van der Waals surface area contributed by atoms with Gasteiger partial charge in [0.1, 0.15) is 0 Å². The van der Waals surface area contributed by atoms with Crippen LogP contribution < -0.4 is 4.72 Å². The minimum atomic E-state index is -3.86. The largest absolute Gasteiger partial charge is 0.270 e. The zero-order valence-electron chi connectivity index (χ0n) is 10.5. The van der Waals surface area contributed by atoms with Crippen LogP contribution in [0.3, 0.4) is 0 Å². The second-order valence-electron chi connectivity index (χ2n) is 4.09. The van der Waals surface area contributed by atoms with Gasteiger partial charge in [0.15, 0.2) is 0 Å². The van der Waals surface area contributed by atoms with Crippen molar-refractivity contribution in [1.29, 1.82) is 5.26 Å². The van der Waals surface area contributed by atoms with Crippen molar-refractivity contribution < 1.29 is 13.3 Å². The van der Waals surface area contributed by atoms with Crippen LogP contribution in [-0.4, -0.2) is 19.9 Å². The van der Waals surface area contributed by atoms with Gasteiger partial charge in [-0.3, -0.25) is 10.1 Å². The lowest BCUT2D eigenvalue weighted by Crippen LogP contribution is -2.28. The first kappa shape index (κ1) is 15.1. The smallest absolute Gasteiger partial charge is 0.258 e. The van der Waals surface area contributed by atoms with Gasteiger partial charge in [0, 0.05) is 18.7 Å². The van der Waals surface area contributed by atoms with Crippen LogP contribution in [0.1, 0.15) is 12.5 Å². The number of hydrogen-bond donors (Lipinski definition) is 1. The van der Waals surface area contributed by atoms with Crippen LogP contribution in [0.25, 0.3) is 0 Å². The normalized spacial score (nSPS) is 12.7. The Bertz CT molecular complexity index is 634. The van der Waals surface area contributed by atoms with E-state index in [4.69, 9.17) is 5.26 Å². The maximum absolute atomic E-state index is 12.0. The maximum atomic E-state index is 12.0. The number of aryl methyl sites for hydroxylation is 1. The number of sulfonamides is 1. The SMILES string of the molecule is Cc1ccc([N+](=O)[O-])cc1S(=O)(=O)NCC(C)C#N. The number of hydrogen-bond acceptors (Lipinski definition) is 5. The number of nitro benzene ring substituents is 1. The molecule has 0 aliphatic rings. The molecular weight excluding hydrogens is 270 g/mol. The Morgan fingerprint density at radius 2 is 2.16 bits per heavy atom. The van der Waals surface area contributed by atoms with E-state index in [0.29, 0.717) is 5.56 Å². The zero-order chi connectivity index (χ0) is 14.6. The maximum Gasteiger partial charge on any atom is 0.270 e. The van der Waals surface area contributed by atoms with E-state index < -0.39 is 20.9 Å². The first-order valence-electron chi connectivity index (χ1n) is 5.42. The molecule has 8 heteroatoms. The predicted octanol–water partition coefficient (Wildman–Crippen LogP) is 1.34. The van der Waals surface area contributed by atoms with Gasteiger partial charge in [-0.2, -0.15) is 5.26 Å². The topological polar surface area (TPSA) is 113 Å². The van der Waals surface area contributed by atoms with Crippen molar-refractivity contribution in [2.45, 2.75) is 18.7 Å². The molecule has 0 aliphatic carbocycles. The van der Waals surface area contributed by atoms with Crippen LogP contribution in [-0.2, 0) is 10.0 Å². The van der Waals surface area contributed by atoms with Crippen molar-refractivity contribution in [3.63, 3.8) is 0 Å². The van der Waals surface area contributed by atoms with Gasteiger partial charge in [0.05, 0.1) is 21.8 Å². The van der Waals surface area contributed by atoms with Crippen molar-refractivity contribution in [3.8, 4) is 6.07 Å². The van der Waals surface area contributed by atoms with Crippen LogP contribution in [0, 0.1) is 34.3 Å². The average Bonchev–Trinajstić information content (AvgIpc) is 2.36. The van der Waals surface area contributed by atoms with Crippen LogP contribution in [0.4, 0.5) is 5.69 Å². The van der Waals surface area contributed by atoms with Gasteiger partial charge in [-0.15, -0.1) is 0 Å². The molecule has 0 heterocycles. The molecule has 1 unspecified atom stereocenters. The summed E-state index contributed by atoms with van der Waals surface area (Å²) in [6, 6.07) is 5.52.